The zero-order chi connectivity index (χ0) is 27.6. The lowest BCUT2D eigenvalue weighted by atomic mass is 10.0. The van der Waals surface area contributed by atoms with Gasteiger partial charge in [0.05, 0.1) is 24.6 Å². The molecule has 3 heterocycles. The van der Waals surface area contributed by atoms with Crippen LogP contribution >= 0.6 is 12.2 Å². The topological polar surface area (TPSA) is 75.1 Å². The Bertz CT molecular complexity index is 1580. The zero-order valence-corrected chi connectivity index (χ0v) is 22.4. The lowest BCUT2D eigenvalue weighted by Crippen LogP contribution is -2.56. The van der Waals surface area contributed by atoms with Crippen LogP contribution in [0.5, 0.6) is 0 Å². The van der Waals surface area contributed by atoms with Crippen molar-refractivity contribution in [2.24, 2.45) is 0 Å². The van der Waals surface area contributed by atoms with Crippen LogP contribution in [0.25, 0.3) is 17.0 Å². The van der Waals surface area contributed by atoms with E-state index in [0.717, 1.165) is 10.9 Å². The molecule has 0 aliphatic carbocycles. The first-order chi connectivity index (χ1) is 19.5. The second-order valence-electron chi connectivity index (χ2n) is 9.52. The largest absolute Gasteiger partial charge is 0.378 e. The molecule has 0 saturated carbocycles. The molecule has 2 saturated heterocycles. The second kappa shape index (κ2) is 10.9. The number of rotatable bonds is 5. The highest BCUT2D eigenvalue weighted by atomic mass is 32.1. The number of para-hydroxylation sites is 3. The summed E-state index contributed by atoms with van der Waals surface area (Å²) < 4.78 is 7.25. The average Bonchev–Trinajstić information content (AvgIpc) is 3.33. The fourth-order valence-electron chi connectivity index (χ4n) is 5.07. The SMILES string of the molecule is O=C(Cn1cc(C=C2C(=O)N(c3ccccc3)C(=S)N(c3ccccc3)C2=O)c2ccccc21)N1CCOCC1. The van der Waals surface area contributed by atoms with E-state index in [9.17, 15) is 14.4 Å². The lowest BCUT2D eigenvalue weighted by Gasteiger charge is -2.36. The quantitative estimate of drug-likeness (QED) is 0.211. The predicted octanol–water partition coefficient (Wildman–Crippen LogP) is 4.25. The van der Waals surface area contributed by atoms with E-state index in [4.69, 9.17) is 17.0 Å². The fourth-order valence-corrected chi connectivity index (χ4v) is 5.45. The van der Waals surface area contributed by atoms with Gasteiger partial charge >= 0.3 is 0 Å². The van der Waals surface area contributed by atoms with Crippen molar-refractivity contribution in [2.75, 3.05) is 36.1 Å². The minimum atomic E-state index is -0.505. The number of ether oxygens (including phenoxy) is 1. The monoisotopic (exact) mass is 550 g/mol. The Hall–Kier alpha value is -4.60. The van der Waals surface area contributed by atoms with Gasteiger partial charge in [0.1, 0.15) is 12.1 Å². The number of thiocarbonyl (C=S) groups is 1. The number of hydrogen-bond acceptors (Lipinski definition) is 5. The molecule has 0 radical (unpaired) electrons. The maximum atomic E-state index is 13.9. The number of carbonyl (C=O) groups excluding carboxylic acids is 3. The molecule has 40 heavy (non-hydrogen) atoms. The number of anilines is 2. The van der Waals surface area contributed by atoms with Gasteiger partial charge in [0.15, 0.2) is 5.11 Å². The molecule has 6 rings (SSSR count). The van der Waals surface area contributed by atoms with Crippen LogP contribution in [-0.4, -0.2) is 58.6 Å². The first-order valence-corrected chi connectivity index (χ1v) is 13.4. The van der Waals surface area contributed by atoms with Gasteiger partial charge in [-0.15, -0.1) is 0 Å². The van der Waals surface area contributed by atoms with Crippen LogP contribution < -0.4 is 9.80 Å². The van der Waals surface area contributed by atoms with E-state index in [1.54, 1.807) is 35.2 Å². The number of amides is 3. The summed E-state index contributed by atoms with van der Waals surface area (Å²) in [6, 6.07) is 25.7. The molecule has 200 valence electrons. The van der Waals surface area contributed by atoms with Crippen LogP contribution in [-0.2, 0) is 25.7 Å². The molecule has 3 amide bonds. The maximum absolute atomic E-state index is 13.9. The molecule has 0 unspecified atom stereocenters. The van der Waals surface area contributed by atoms with E-state index >= 15 is 0 Å². The molecule has 8 nitrogen and oxygen atoms in total. The minimum Gasteiger partial charge on any atom is -0.378 e. The van der Waals surface area contributed by atoms with Crippen LogP contribution in [0.4, 0.5) is 11.4 Å². The molecular weight excluding hydrogens is 524 g/mol. The van der Waals surface area contributed by atoms with E-state index in [1.807, 2.05) is 71.4 Å². The zero-order valence-electron chi connectivity index (χ0n) is 21.6. The van der Waals surface area contributed by atoms with E-state index in [-0.39, 0.29) is 23.1 Å². The number of hydrogen-bond donors (Lipinski definition) is 0. The number of benzene rings is 3. The normalized spacial score (nSPS) is 16.1. The summed E-state index contributed by atoms with van der Waals surface area (Å²) >= 11 is 5.70. The van der Waals surface area contributed by atoms with Crippen LogP contribution in [0.3, 0.4) is 0 Å². The first-order valence-electron chi connectivity index (χ1n) is 13.0. The number of morpholine rings is 1. The molecule has 4 aromatic rings. The summed E-state index contributed by atoms with van der Waals surface area (Å²) in [5.41, 5.74) is 2.60. The van der Waals surface area contributed by atoms with Crippen molar-refractivity contribution < 1.29 is 19.1 Å². The Morgan fingerprint density at radius 2 is 1.35 bits per heavy atom. The highest BCUT2D eigenvalue weighted by molar-refractivity contribution is 7.81. The van der Waals surface area contributed by atoms with E-state index < -0.39 is 11.8 Å². The summed E-state index contributed by atoms with van der Waals surface area (Å²) in [6.07, 6.45) is 3.43. The van der Waals surface area contributed by atoms with Crippen molar-refractivity contribution >= 4 is 63.4 Å². The van der Waals surface area contributed by atoms with Gasteiger partial charge in [-0.3, -0.25) is 24.2 Å². The molecule has 0 N–H and O–H groups in total. The second-order valence-corrected chi connectivity index (χ2v) is 9.88. The molecule has 9 heteroatoms. The molecule has 0 atom stereocenters. The van der Waals surface area contributed by atoms with Gasteiger partial charge in [0.2, 0.25) is 5.91 Å². The standard InChI is InChI=1S/C31H26N4O4S/c36-28(32-15-17-39-18-16-32)21-33-20-22(25-13-7-8-14-27(25)33)19-26-29(37)34(23-9-3-1-4-10-23)31(40)35(30(26)38)24-11-5-2-6-12-24/h1-14,19-20H,15-18,21H2. The summed E-state index contributed by atoms with van der Waals surface area (Å²) in [7, 11) is 0. The highest BCUT2D eigenvalue weighted by Gasteiger charge is 2.41. The van der Waals surface area contributed by atoms with Gasteiger partial charge in [0.25, 0.3) is 11.8 Å². The highest BCUT2D eigenvalue weighted by Crippen LogP contribution is 2.31. The molecule has 0 spiro atoms. The van der Waals surface area contributed by atoms with Crippen molar-refractivity contribution in [3.05, 3.63) is 102 Å². The van der Waals surface area contributed by atoms with Crippen molar-refractivity contribution in [1.82, 2.24) is 9.47 Å². The first kappa shape index (κ1) is 25.7. The lowest BCUT2D eigenvalue weighted by molar-refractivity contribution is -0.135. The fraction of sp³-hybridized carbons (Fsp3) is 0.161. The number of nitrogens with zero attached hydrogens (tertiary/aromatic N) is 4. The van der Waals surface area contributed by atoms with Crippen molar-refractivity contribution in [2.45, 2.75) is 6.54 Å². The molecule has 1 aromatic heterocycles. The summed E-state index contributed by atoms with van der Waals surface area (Å²) in [4.78, 5) is 45.4. The number of carbonyl (C=O) groups is 3. The van der Waals surface area contributed by atoms with Gasteiger partial charge in [-0.05, 0) is 48.6 Å². The van der Waals surface area contributed by atoms with Gasteiger partial charge in [0, 0.05) is 35.8 Å². The van der Waals surface area contributed by atoms with E-state index in [2.05, 4.69) is 0 Å². The average molecular weight is 551 g/mol. The van der Waals surface area contributed by atoms with Crippen LogP contribution in [0.2, 0.25) is 0 Å². The Morgan fingerprint density at radius 3 is 1.95 bits per heavy atom. The Morgan fingerprint density at radius 1 is 0.800 bits per heavy atom. The molecule has 2 aliphatic heterocycles. The van der Waals surface area contributed by atoms with Gasteiger partial charge < -0.3 is 14.2 Å². The third-order valence-corrected chi connectivity index (χ3v) is 7.43. The molecular formula is C31H26N4O4S. The van der Waals surface area contributed by atoms with Crippen LogP contribution in [0, 0.1) is 0 Å². The van der Waals surface area contributed by atoms with Gasteiger partial charge in [-0.25, -0.2) is 0 Å². The molecule has 3 aromatic carbocycles. The van der Waals surface area contributed by atoms with Crippen molar-refractivity contribution in [3.8, 4) is 0 Å². The van der Waals surface area contributed by atoms with Gasteiger partial charge in [-0.1, -0.05) is 54.6 Å². The van der Waals surface area contributed by atoms with Crippen LogP contribution in [0.1, 0.15) is 5.56 Å². The van der Waals surface area contributed by atoms with Crippen molar-refractivity contribution in [1.29, 1.82) is 0 Å². The Kier molecular flexibility index (Phi) is 6.98. The Balaban J connectivity index is 1.44. The summed E-state index contributed by atoms with van der Waals surface area (Å²) in [6.45, 7) is 2.31. The summed E-state index contributed by atoms with van der Waals surface area (Å²) in [5, 5.41) is 0.916. The van der Waals surface area contributed by atoms with Crippen LogP contribution in [0.15, 0.2) is 96.7 Å². The molecule has 2 aliphatic rings. The minimum absolute atomic E-state index is 0.0103. The summed E-state index contributed by atoms with van der Waals surface area (Å²) in [5.74, 6) is -1.02. The van der Waals surface area contributed by atoms with E-state index in [0.29, 0.717) is 43.2 Å². The van der Waals surface area contributed by atoms with E-state index in [1.165, 1.54) is 9.80 Å². The molecule has 0 bridgehead atoms. The van der Waals surface area contributed by atoms with Gasteiger partial charge in [-0.2, -0.15) is 0 Å². The van der Waals surface area contributed by atoms with Crippen molar-refractivity contribution in [3.63, 3.8) is 0 Å². The Labute approximate surface area is 236 Å². The predicted molar refractivity (Wildman–Crippen MR) is 158 cm³/mol. The third-order valence-electron chi connectivity index (χ3n) is 7.07. The smallest absolute Gasteiger partial charge is 0.270 e. The number of fused-ring (bicyclic) bond motifs is 1. The maximum Gasteiger partial charge on any atom is 0.270 e. The molecule has 2 fully saturated rings. The third kappa shape index (κ3) is 4.70. The number of aromatic nitrogens is 1.